The number of sulfonamides is 1. The second-order valence-electron chi connectivity index (χ2n) is 4.96. The molecular weight excluding hydrogens is 380 g/mol. The summed E-state index contributed by atoms with van der Waals surface area (Å²) in [6.07, 6.45) is 0. The number of ether oxygens (including phenoxy) is 1. The van der Waals surface area contributed by atoms with Crippen molar-refractivity contribution in [1.29, 1.82) is 0 Å². The van der Waals surface area contributed by atoms with E-state index < -0.39 is 34.4 Å². The Bertz CT molecular complexity index is 889. The highest BCUT2D eigenvalue weighted by Gasteiger charge is 2.16. The number of carbonyl (C=O) groups is 3. The third-order valence-corrected chi connectivity index (χ3v) is 5.50. The van der Waals surface area contributed by atoms with E-state index >= 15 is 0 Å². The average molecular weight is 396 g/mol. The lowest BCUT2D eigenvalue weighted by Crippen LogP contribution is -2.33. The molecule has 0 fully saturated rings. The van der Waals surface area contributed by atoms with E-state index in [2.05, 4.69) is 10.0 Å². The molecule has 0 aliphatic rings. The van der Waals surface area contributed by atoms with Crippen molar-refractivity contribution >= 4 is 39.1 Å². The van der Waals surface area contributed by atoms with Crippen molar-refractivity contribution in [1.82, 2.24) is 10.0 Å². The fraction of sp³-hybridized carbons (Fsp3) is 0.188. The van der Waals surface area contributed by atoms with Gasteiger partial charge in [-0.05, 0) is 35.7 Å². The summed E-state index contributed by atoms with van der Waals surface area (Å²) in [4.78, 5) is 35.6. The Balaban J connectivity index is 1.89. The van der Waals surface area contributed by atoms with Gasteiger partial charge in [-0.2, -0.15) is 0 Å². The standard InChI is InChI=1S/C16H16N2O6S2/c1-2-17-26(22,23)12-7-5-11(6-8-12)16(21)24-10-14(19)18-15(20)13-4-3-9-25-13/h3-9,17H,2,10H2,1H3,(H,18,19,20). The first-order valence-electron chi connectivity index (χ1n) is 7.48. The highest BCUT2D eigenvalue weighted by Crippen LogP contribution is 2.11. The van der Waals surface area contributed by atoms with Crippen LogP contribution in [0.5, 0.6) is 0 Å². The Hall–Kier alpha value is -2.56. The van der Waals surface area contributed by atoms with Gasteiger partial charge in [-0.1, -0.05) is 13.0 Å². The molecule has 0 unspecified atom stereocenters. The second-order valence-corrected chi connectivity index (χ2v) is 7.67. The van der Waals surface area contributed by atoms with Gasteiger partial charge < -0.3 is 4.74 Å². The number of carbonyl (C=O) groups excluding carboxylic acids is 3. The summed E-state index contributed by atoms with van der Waals surface area (Å²) >= 11 is 1.17. The molecule has 0 bridgehead atoms. The van der Waals surface area contributed by atoms with Gasteiger partial charge in [-0.15, -0.1) is 11.3 Å². The van der Waals surface area contributed by atoms with Crippen LogP contribution in [0.4, 0.5) is 0 Å². The number of imide groups is 1. The second kappa shape index (κ2) is 8.70. The maximum absolute atomic E-state index is 11.9. The van der Waals surface area contributed by atoms with E-state index in [0.717, 1.165) is 0 Å². The number of nitrogens with one attached hydrogen (secondary N) is 2. The molecule has 2 N–H and O–H groups in total. The molecule has 0 aliphatic carbocycles. The van der Waals surface area contributed by atoms with Crippen LogP contribution < -0.4 is 10.0 Å². The maximum Gasteiger partial charge on any atom is 0.338 e. The number of thiophene rings is 1. The Morgan fingerprint density at radius 1 is 1.12 bits per heavy atom. The van der Waals surface area contributed by atoms with E-state index in [-0.39, 0.29) is 17.0 Å². The van der Waals surface area contributed by atoms with E-state index in [0.29, 0.717) is 4.88 Å². The number of rotatable bonds is 7. The summed E-state index contributed by atoms with van der Waals surface area (Å²) in [6.45, 7) is 1.26. The van der Waals surface area contributed by atoms with Crippen molar-refractivity contribution in [2.75, 3.05) is 13.2 Å². The molecule has 0 spiro atoms. The quantitative estimate of drug-likeness (QED) is 0.678. The van der Waals surface area contributed by atoms with E-state index in [9.17, 15) is 22.8 Å². The van der Waals surface area contributed by atoms with Crippen LogP contribution in [0.3, 0.4) is 0 Å². The first kappa shape index (κ1) is 19.8. The number of esters is 1. The molecular formula is C16H16N2O6S2. The molecule has 2 rings (SSSR count). The molecule has 0 radical (unpaired) electrons. The Labute approximate surface area is 154 Å². The number of hydrogen-bond donors (Lipinski definition) is 2. The lowest BCUT2D eigenvalue weighted by atomic mass is 10.2. The molecule has 10 heteroatoms. The summed E-state index contributed by atoms with van der Waals surface area (Å²) in [5.41, 5.74) is 0.0813. The van der Waals surface area contributed by atoms with Gasteiger partial charge in [0.1, 0.15) is 0 Å². The van der Waals surface area contributed by atoms with Crippen LogP contribution in [0, 0.1) is 0 Å². The molecule has 2 amide bonds. The molecule has 26 heavy (non-hydrogen) atoms. The molecule has 0 saturated carbocycles. The SMILES string of the molecule is CCNS(=O)(=O)c1ccc(C(=O)OCC(=O)NC(=O)c2cccs2)cc1. The van der Waals surface area contributed by atoms with E-state index in [1.165, 1.54) is 35.6 Å². The summed E-state index contributed by atoms with van der Waals surface area (Å²) in [5.74, 6) is -2.14. The molecule has 1 aromatic carbocycles. The zero-order chi connectivity index (χ0) is 19.2. The van der Waals surface area contributed by atoms with E-state index in [4.69, 9.17) is 4.74 Å². The lowest BCUT2D eigenvalue weighted by molar-refractivity contribution is -0.123. The van der Waals surface area contributed by atoms with Crippen LogP contribution in [0.2, 0.25) is 0 Å². The fourth-order valence-electron chi connectivity index (χ4n) is 1.89. The monoisotopic (exact) mass is 396 g/mol. The average Bonchev–Trinajstić information content (AvgIpc) is 3.14. The van der Waals surface area contributed by atoms with Gasteiger partial charge in [0.15, 0.2) is 6.61 Å². The van der Waals surface area contributed by atoms with Crippen LogP contribution in [0.25, 0.3) is 0 Å². The Kier molecular flexibility index (Phi) is 6.61. The van der Waals surface area contributed by atoms with Crippen molar-refractivity contribution in [3.63, 3.8) is 0 Å². The highest BCUT2D eigenvalue weighted by atomic mass is 32.2. The Morgan fingerprint density at radius 3 is 2.38 bits per heavy atom. The summed E-state index contributed by atoms with van der Waals surface area (Å²) < 4.78 is 30.8. The van der Waals surface area contributed by atoms with Crippen molar-refractivity contribution in [3.8, 4) is 0 Å². The first-order valence-corrected chi connectivity index (χ1v) is 9.84. The minimum Gasteiger partial charge on any atom is -0.452 e. The molecule has 1 heterocycles. The molecule has 0 saturated heterocycles. The van der Waals surface area contributed by atoms with Crippen molar-refractivity contribution in [2.24, 2.45) is 0 Å². The predicted octanol–water partition coefficient (Wildman–Crippen LogP) is 1.16. The van der Waals surface area contributed by atoms with Gasteiger partial charge in [-0.3, -0.25) is 14.9 Å². The van der Waals surface area contributed by atoms with Gasteiger partial charge >= 0.3 is 5.97 Å². The Morgan fingerprint density at radius 2 is 1.81 bits per heavy atom. The molecule has 138 valence electrons. The van der Waals surface area contributed by atoms with Gasteiger partial charge in [-0.25, -0.2) is 17.9 Å². The number of amides is 2. The smallest absolute Gasteiger partial charge is 0.338 e. The third-order valence-electron chi connectivity index (χ3n) is 3.07. The molecule has 8 nitrogen and oxygen atoms in total. The molecule has 0 atom stereocenters. The first-order chi connectivity index (χ1) is 12.3. The minimum absolute atomic E-state index is 0.00943. The minimum atomic E-state index is -3.62. The van der Waals surface area contributed by atoms with Crippen LogP contribution in [-0.4, -0.2) is 39.4 Å². The molecule has 2 aromatic rings. The number of hydrogen-bond acceptors (Lipinski definition) is 7. The van der Waals surface area contributed by atoms with Crippen LogP contribution in [-0.2, 0) is 19.6 Å². The van der Waals surface area contributed by atoms with Crippen molar-refractivity contribution in [3.05, 3.63) is 52.2 Å². The van der Waals surface area contributed by atoms with Crippen LogP contribution in [0.15, 0.2) is 46.7 Å². The molecule has 1 aromatic heterocycles. The van der Waals surface area contributed by atoms with E-state index in [1.54, 1.807) is 24.4 Å². The van der Waals surface area contributed by atoms with Crippen molar-refractivity contribution in [2.45, 2.75) is 11.8 Å². The predicted molar refractivity (Wildman–Crippen MR) is 94.4 cm³/mol. The largest absolute Gasteiger partial charge is 0.452 e. The van der Waals surface area contributed by atoms with Crippen molar-refractivity contribution < 1.29 is 27.5 Å². The van der Waals surface area contributed by atoms with Gasteiger partial charge in [0.2, 0.25) is 10.0 Å². The summed E-state index contributed by atoms with van der Waals surface area (Å²) in [6, 6.07) is 8.30. The number of benzene rings is 1. The highest BCUT2D eigenvalue weighted by molar-refractivity contribution is 7.89. The van der Waals surface area contributed by atoms with Gasteiger partial charge in [0.05, 0.1) is 15.3 Å². The topological polar surface area (TPSA) is 119 Å². The zero-order valence-corrected chi connectivity index (χ0v) is 15.4. The van der Waals surface area contributed by atoms with Gasteiger partial charge in [0, 0.05) is 6.54 Å². The lowest BCUT2D eigenvalue weighted by Gasteiger charge is -2.07. The van der Waals surface area contributed by atoms with Crippen LogP contribution in [0.1, 0.15) is 27.0 Å². The fourth-order valence-corrected chi connectivity index (χ4v) is 3.55. The van der Waals surface area contributed by atoms with E-state index in [1.807, 2.05) is 0 Å². The maximum atomic E-state index is 11.9. The summed E-state index contributed by atoms with van der Waals surface area (Å²) in [5, 5.41) is 3.79. The zero-order valence-electron chi connectivity index (χ0n) is 13.7. The third kappa shape index (κ3) is 5.22. The van der Waals surface area contributed by atoms with Gasteiger partial charge in [0.25, 0.3) is 11.8 Å². The normalized spacial score (nSPS) is 11.0. The summed E-state index contributed by atoms with van der Waals surface area (Å²) in [7, 11) is -3.62. The van der Waals surface area contributed by atoms with Crippen LogP contribution >= 0.6 is 11.3 Å². The molecule has 0 aliphatic heterocycles.